The molecular weight excluding hydrogens is 536 g/mol. The van der Waals surface area contributed by atoms with Crippen LogP contribution in [-0.4, -0.2) is 65.2 Å². The van der Waals surface area contributed by atoms with Gasteiger partial charge in [0.25, 0.3) is 0 Å². The van der Waals surface area contributed by atoms with Crippen LogP contribution in [0.1, 0.15) is 72.8 Å². The summed E-state index contributed by atoms with van der Waals surface area (Å²) in [6.07, 6.45) is 3.43. The molecule has 1 aromatic rings. The second kappa shape index (κ2) is 17.5. The number of nitrogens with one attached hydrogen (secondary N) is 1. The number of esters is 2. The zero-order valence-corrected chi connectivity index (χ0v) is 26.2. The molecule has 0 heterocycles. The molecule has 1 rings (SSSR count). The van der Waals surface area contributed by atoms with Gasteiger partial charge in [-0.15, -0.1) is 13.2 Å². The van der Waals surface area contributed by atoms with Crippen LogP contribution in [0.3, 0.4) is 0 Å². The molecule has 0 aromatic heterocycles. The highest BCUT2D eigenvalue weighted by Gasteiger charge is 2.33. The average molecular weight is 587 g/mol. The van der Waals surface area contributed by atoms with Gasteiger partial charge >= 0.3 is 11.9 Å². The van der Waals surface area contributed by atoms with E-state index in [2.05, 4.69) is 18.5 Å². The van der Waals surface area contributed by atoms with Crippen LogP contribution in [0.5, 0.6) is 0 Å². The number of allylic oxidation sites excluding steroid dienone is 2. The maximum Gasteiger partial charge on any atom is 0.309 e. The monoisotopic (exact) mass is 586 g/mol. The molecule has 0 aliphatic carbocycles. The summed E-state index contributed by atoms with van der Waals surface area (Å²) in [4.78, 5) is 53.5. The van der Waals surface area contributed by atoms with Crippen LogP contribution >= 0.6 is 0 Å². The molecule has 9 heteroatoms. The molecule has 0 aliphatic rings. The van der Waals surface area contributed by atoms with Gasteiger partial charge in [0, 0.05) is 19.5 Å². The van der Waals surface area contributed by atoms with Crippen molar-refractivity contribution in [3.8, 4) is 0 Å². The lowest BCUT2D eigenvalue weighted by atomic mass is 9.86. The van der Waals surface area contributed by atoms with E-state index >= 15 is 0 Å². The van der Waals surface area contributed by atoms with E-state index in [0.29, 0.717) is 6.54 Å². The van der Waals surface area contributed by atoms with E-state index in [-0.39, 0.29) is 57.3 Å². The maximum absolute atomic E-state index is 13.4. The Morgan fingerprint density at radius 3 is 2.07 bits per heavy atom. The SMILES string of the molecule is C=CC[C@@H](CC(=O)N(CCO)Cc1ccccc1)C(=O)N[C@H](COC(=O)[C@@H](CC=C)CC(=O)OC(C)(C)C)C(C)(C)C. The Morgan fingerprint density at radius 1 is 0.952 bits per heavy atom. The molecule has 0 radical (unpaired) electrons. The summed E-state index contributed by atoms with van der Waals surface area (Å²) in [6, 6.07) is 8.86. The number of amides is 2. The van der Waals surface area contributed by atoms with Crippen molar-refractivity contribution in [1.82, 2.24) is 10.2 Å². The van der Waals surface area contributed by atoms with E-state index in [4.69, 9.17) is 9.47 Å². The summed E-state index contributed by atoms with van der Waals surface area (Å²) in [5.41, 5.74) is -0.255. The number of rotatable bonds is 17. The van der Waals surface area contributed by atoms with Crippen LogP contribution in [0, 0.1) is 17.3 Å². The minimum Gasteiger partial charge on any atom is -0.463 e. The van der Waals surface area contributed by atoms with E-state index in [1.54, 1.807) is 32.9 Å². The number of hydrogen-bond acceptors (Lipinski definition) is 7. The van der Waals surface area contributed by atoms with E-state index in [1.165, 1.54) is 4.90 Å². The quantitative estimate of drug-likeness (QED) is 0.202. The highest BCUT2D eigenvalue weighted by atomic mass is 16.6. The van der Waals surface area contributed by atoms with Crippen molar-refractivity contribution in [2.45, 2.75) is 85.4 Å². The minimum absolute atomic E-state index is 0.0708. The molecule has 3 atom stereocenters. The number of benzene rings is 1. The first-order valence-electron chi connectivity index (χ1n) is 14.4. The third-order valence-electron chi connectivity index (χ3n) is 6.55. The van der Waals surface area contributed by atoms with Gasteiger partial charge < -0.3 is 24.8 Å². The van der Waals surface area contributed by atoms with E-state index in [9.17, 15) is 24.3 Å². The molecule has 1 aromatic carbocycles. The first kappa shape index (κ1) is 36.6. The lowest BCUT2D eigenvalue weighted by Crippen LogP contribution is -2.50. The number of hydrogen-bond donors (Lipinski definition) is 2. The average Bonchev–Trinajstić information content (AvgIpc) is 2.88. The molecule has 0 spiro atoms. The second-order valence-corrected chi connectivity index (χ2v) is 12.5. The highest BCUT2D eigenvalue weighted by molar-refractivity contribution is 5.86. The van der Waals surface area contributed by atoms with Crippen LogP contribution in [-0.2, 0) is 35.2 Å². The third-order valence-corrected chi connectivity index (χ3v) is 6.55. The van der Waals surface area contributed by atoms with Crippen molar-refractivity contribution in [3.05, 3.63) is 61.2 Å². The van der Waals surface area contributed by atoms with Crippen molar-refractivity contribution < 1.29 is 33.8 Å². The second-order valence-electron chi connectivity index (χ2n) is 12.5. The zero-order chi connectivity index (χ0) is 31.9. The van der Waals surface area contributed by atoms with Crippen molar-refractivity contribution in [3.63, 3.8) is 0 Å². The molecule has 2 N–H and O–H groups in total. The summed E-state index contributed by atoms with van der Waals surface area (Å²) >= 11 is 0. The Hall–Kier alpha value is -3.46. The Balaban J connectivity index is 2.95. The third kappa shape index (κ3) is 13.9. The minimum atomic E-state index is -0.762. The van der Waals surface area contributed by atoms with Crippen molar-refractivity contribution >= 4 is 23.8 Å². The lowest BCUT2D eigenvalue weighted by molar-refractivity contribution is -0.162. The van der Waals surface area contributed by atoms with E-state index in [1.807, 2.05) is 51.1 Å². The van der Waals surface area contributed by atoms with Gasteiger partial charge in [-0.3, -0.25) is 19.2 Å². The Bertz CT molecular complexity index is 1040. The summed E-state index contributed by atoms with van der Waals surface area (Å²) in [6.45, 7) is 18.6. The van der Waals surface area contributed by atoms with Crippen molar-refractivity contribution in [2.24, 2.45) is 17.3 Å². The molecule has 0 bridgehead atoms. The predicted octanol–water partition coefficient (Wildman–Crippen LogP) is 4.59. The summed E-state index contributed by atoms with van der Waals surface area (Å²) in [5, 5.41) is 12.5. The van der Waals surface area contributed by atoms with E-state index < -0.39 is 40.8 Å². The molecular formula is C33H50N2O7. The van der Waals surface area contributed by atoms with E-state index in [0.717, 1.165) is 5.56 Å². The van der Waals surface area contributed by atoms with Crippen LogP contribution in [0.4, 0.5) is 0 Å². The maximum atomic E-state index is 13.4. The first-order valence-corrected chi connectivity index (χ1v) is 14.4. The van der Waals surface area contributed by atoms with Crippen molar-refractivity contribution in [1.29, 1.82) is 0 Å². The largest absolute Gasteiger partial charge is 0.463 e. The molecule has 42 heavy (non-hydrogen) atoms. The topological polar surface area (TPSA) is 122 Å². The van der Waals surface area contributed by atoms with Crippen molar-refractivity contribution in [2.75, 3.05) is 19.8 Å². The summed E-state index contributed by atoms with van der Waals surface area (Å²) in [7, 11) is 0. The number of ether oxygens (including phenoxy) is 2. The fourth-order valence-corrected chi connectivity index (χ4v) is 4.17. The fraction of sp³-hybridized carbons (Fsp3) is 0.576. The molecule has 234 valence electrons. The molecule has 0 saturated carbocycles. The van der Waals surface area contributed by atoms with Crippen LogP contribution in [0.25, 0.3) is 0 Å². The molecule has 0 saturated heterocycles. The number of aliphatic hydroxyl groups is 1. The van der Waals surface area contributed by atoms with Gasteiger partial charge in [0.1, 0.15) is 12.2 Å². The Kier molecular flexibility index (Phi) is 15.2. The number of carbonyl (C=O) groups is 4. The van der Waals surface area contributed by atoms with Gasteiger partial charge in [0.05, 0.1) is 30.9 Å². The van der Waals surface area contributed by atoms with Gasteiger partial charge in [0.15, 0.2) is 0 Å². The molecule has 9 nitrogen and oxygen atoms in total. The lowest BCUT2D eigenvalue weighted by Gasteiger charge is -2.33. The summed E-state index contributed by atoms with van der Waals surface area (Å²) < 4.78 is 11.0. The Labute approximate surface area is 251 Å². The van der Waals surface area contributed by atoms with Crippen LogP contribution in [0.2, 0.25) is 0 Å². The number of carbonyl (C=O) groups excluding carboxylic acids is 4. The van der Waals surface area contributed by atoms with Gasteiger partial charge in [0.2, 0.25) is 11.8 Å². The van der Waals surface area contributed by atoms with Crippen LogP contribution < -0.4 is 5.32 Å². The Morgan fingerprint density at radius 2 is 1.55 bits per heavy atom. The normalized spacial score (nSPS) is 13.7. The molecule has 2 amide bonds. The summed E-state index contributed by atoms with van der Waals surface area (Å²) in [5.74, 6) is -3.17. The van der Waals surface area contributed by atoms with Gasteiger partial charge in [-0.1, -0.05) is 63.3 Å². The number of aliphatic hydroxyl groups excluding tert-OH is 1. The number of nitrogens with zero attached hydrogens (tertiary/aromatic N) is 1. The molecule has 0 aliphatic heterocycles. The first-order chi connectivity index (χ1) is 19.6. The highest BCUT2D eigenvalue weighted by Crippen LogP contribution is 2.23. The molecule has 0 unspecified atom stereocenters. The van der Waals surface area contributed by atoms with Gasteiger partial charge in [-0.05, 0) is 44.6 Å². The molecule has 0 fully saturated rings. The zero-order valence-electron chi connectivity index (χ0n) is 26.2. The van der Waals surface area contributed by atoms with Gasteiger partial charge in [-0.2, -0.15) is 0 Å². The van der Waals surface area contributed by atoms with Crippen LogP contribution in [0.15, 0.2) is 55.6 Å². The van der Waals surface area contributed by atoms with Gasteiger partial charge in [-0.25, -0.2) is 0 Å². The standard InChI is InChI=1S/C33H50N2O7/c1-9-14-25(20-28(37)35(18-19-36)22-24-16-12-11-13-17-24)30(39)34-27(32(3,4)5)23-41-31(40)26(15-10-2)21-29(38)42-33(6,7)8/h9-13,16-17,25-27,36H,1-2,14-15,18-23H2,3-8H3,(H,34,39)/t25-,26-,27+/m0/s1. The predicted molar refractivity (Wildman–Crippen MR) is 163 cm³/mol. The fourth-order valence-electron chi connectivity index (χ4n) is 4.17. The smallest absolute Gasteiger partial charge is 0.309 e.